The van der Waals surface area contributed by atoms with Crippen LogP contribution in [0.2, 0.25) is 0 Å². The maximum absolute atomic E-state index is 13.0. The van der Waals surface area contributed by atoms with Crippen LogP contribution in [0.25, 0.3) is 11.4 Å². The molecule has 8 heteroatoms. The Morgan fingerprint density at radius 3 is 2.56 bits per heavy atom. The van der Waals surface area contributed by atoms with Gasteiger partial charge in [0.15, 0.2) is 16.8 Å². The minimum atomic E-state index is -0.334. The van der Waals surface area contributed by atoms with E-state index in [9.17, 15) is 19.4 Å². The lowest BCUT2D eigenvalue weighted by molar-refractivity contribution is 0.102. The molecule has 0 radical (unpaired) electrons. The fraction of sp³-hybridized carbons (Fsp3) is 0.118. The fourth-order valence-electron chi connectivity index (χ4n) is 2.25. The SMILES string of the molecule is Cn1c(SCC(=O)c2ccc(O)cc2O)nnc1-c1ccc(F)cc1. The number of phenolic OH excluding ortho intramolecular Hbond substituents is 2. The Bertz CT molecular complexity index is 925. The van der Waals surface area contributed by atoms with Crippen molar-refractivity contribution in [2.45, 2.75) is 5.16 Å². The minimum absolute atomic E-state index is 0.0493. The van der Waals surface area contributed by atoms with E-state index in [1.807, 2.05) is 0 Å². The Morgan fingerprint density at radius 2 is 1.88 bits per heavy atom. The summed E-state index contributed by atoms with van der Waals surface area (Å²) >= 11 is 1.17. The molecule has 25 heavy (non-hydrogen) atoms. The van der Waals surface area contributed by atoms with Gasteiger partial charge in [-0.25, -0.2) is 4.39 Å². The highest BCUT2D eigenvalue weighted by Crippen LogP contribution is 2.27. The maximum Gasteiger partial charge on any atom is 0.191 e. The number of aromatic hydroxyl groups is 2. The lowest BCUT2D eigenvalue weighted by Crippen LogP contribution is -2.04. The number of Topliss-reactive ketones (excluding diaryl/α,β-unsaturated/α-hetero) is 1. The molecule has 0 spiro atoms. The van der Waals surface area contributed by atoms with E-state index in [1.165, 1.54) is 36.0 Å². The van der Waals surface area contributed by atoms with Gasteiger partial charge in [0.1, 0.15) is 17.3 Å². The Kier molecular flexibility index (Phi) is 4.71. The Labute approximate surface area is 147 Å². The van der Waals surface area contributed by atoms with Crippen molar-refractivity contribution in [1.82, 2.24) is 14.8 Å². The van der Waals surface area contributed by atoms with E-state index in [-0.39, 0.29) is 34.4 Å². The van der Waals surface area contributed by atoms with Crippen LogP contribution in [0.3, 0.4) is 0 Å². The summed E-state index contributed by atoms with van der Waals surface area (Å²) in [6, 6.07) is 9.72. The average Bonchev–Trinajstić information content (AvgIpc) is 2.94. The lowest BCUT2D eigenvalue weighted by Gasteiger charge is -2.05. The maximum atomic E-state index is 13.0. The second-order valence-electron chi connectivity index (χ2n) is 5.29. The van der Waals surface area contributed by atoms with Crippen molar-refractivity contribution in [3.63, 3.8) is 0 Å². The van der Waals surface area contributed by atoms with Gasteiger partial charge in [0.2, 0.25) is 0 Å². The normalized spacial score (nSPS) is 10.8. The van der Waals surface area contributed by atoms with Gasteiger partial charge in [0, 0.05) is 18.7 Å². The van der Waals surface area contributed by atoms with Crippen molar-refractivity contribution < 1.29 is 19.4 Å². The van der Waals surface area contributed by atoms with E-state index < -0.39 is 0 Å². The van der Waals surface area contributed by atoms with E-state index >= 15 is 0 Å². The van der Waals surface area contributed by atoms with E-state index in [1.54, 1.807) is 23.7 Å². The summed E-state index contributed by atoms with van der Waals surface area (Å²) in [6.45, 7) is 0. The molecule has 3 rings (SSSR count). The van der Waals surface area contributed by atoms with E-state index in [2.05, 4.69) is 10.2 Å². The molecule has 2 aromatic carbocycles. The zero-order valence-corrected chi connectivity index (χ0v) is 14.0. The molecule has 128 valence electrons. The van der Waals surface area contributed by atoms with Crippen LogP contribution in [0.4, 0.5) is 4.39 Å². The topological polar surface area (TPSA) is 88.2 Å². The molecule has 0 aliphatic heterocycles. The predicted molar refractivity (Wildman–Crippen MR) is 91.2 cm³/mol. The highest BCUT2D eigenvalue weighted by molar-refractivity contribution is 7.99. The van der Waals surface area contributed by atoms with Crippen LogP contribution in [-0.2, 0) is 7.05 Å². The van der Waals surface area contributed by atoms with Gasteiger partial charge < -0.3 is 14.8 Å². The summed E-state index contributed by atoms with van der Waals surface area (Å²) in [7, 11) is 1.75. The molecule has 0 bridgehead atoms. The molecule has 0 atom stereocenters. The van der Waals surface area contributed by atoms with Crippen molar-refractivity contribution in [3.05, 3.63) is 53.8 Å². The van der Waals surface area contributed by atoms with Gasteiger partial charge in [-0.05, 0) is 36.4 Å². The summed E-state index contributed by atoms with van der Waals surface area (Å²) in [6.07, 6.45) is 0. The van der Waals surface area contributed by atoms with Gasteiger partial charge in [-0.1, -0.05) is 11.8 Å². The van der Waals surface area contributed by atoms with Gasteiger partial charge in [0.05, 0.1) is 11.3 Å². The first kappa shape index (κ1) is 17.0. The van der Waals surface area contributed by atoms with Crippen LogP contribution in [-0.4, -0.2) is 36.5 Å². The number of rotatable bonds is 5. The number of carbonyl (C=O) groups is 1. The number of thioether (sulfide) groups is 1. The quantitative estimate of drug-likeness (QED) is 0.538. The number of benzene rings is 2. The molecule has 0 fully saturated rings. The number of carbonyl (C=O) groups excluding carboxylic acids is 1. The zero-order chi connectivity index (χ0) is 18.0. The summed E-state index contributed by atoms with van der Waals surface area (Å²) in [5.74, 6) is -0.404. The third-order valence-electron chi connectivity index (χ3n) is 3.55. The molecule has 0 unspecified atom stereocenters. The minimum Gasteiger partial charge on any atom is -0.508 e. The molecule has 2 N–H and O–H groups in total. The summed E-state index contributed by atoms with van der Waals surface area (Å²) in [4.78, 5) is 12.2. The van der Waals surface area contributed by atoms with Crippen molar-refractivity contribution in [1.29, 1.82) is 0 Å². The van der Waals surface area contributed by atoms with Crippen LogP contribution in [0.5, 0.6) is 11.5 Å². The predicted octanol–water partition coefficient (Wildman–Crippen LogP) is 3.01. The zero-order valence-electron chi connectivity index (χ0n) is 13.2. The van der Waals surface area contributed by atoms with E-state index in [0.717, 1.165) is 6.07 Å². The number of hydrogen-bond acceptors (Lipinski definition) is 6. The number of hydrogen-bond donors (Lipinski definition) is 2. The first-order chi connectivity index (χ1) is 12.0. The number of nitrogens with zero attached hydrogens (tertiary/aromatic N) is 3. The summed E-state index contributed by atoms with van der Waals surface area (Å²) < 4.78 is 14.7. The van der Waals surface area contributed by atoms with E-state index in [0.29, 0.717) is 16.5 Å². The molecular formula is C17H14FN3O3S. The molecule has 1 heterocycles. The van der Waals surface area contributed by atoms with Crippen molar-refractivity contribution in [3.8, 4) is 22.9 Å². The average molecular weight is 359 g/mol. The molecule has 0 aliphatic carbocycles. The Balaban J connectivity index is 1.74. The molecule has 0 aliphatic rings. The summed E-state index contributed by atoms with van der Waals surface area (Å²) in [5.41, 5.74) is 0.844. The number of phenols is 2. The van der Waals surface area contributed by atoms with Crippen LogP contribution >= 0.6 is 11.8 Å². The molecule has 6 nitrogen and oxygen atoms in total. The molecule has 0 amide bonds. The highest BCUT2D eigenvalue weighted by Gasteiger charge is 2.16. The van der Waals surface area contributed by atoms with Gasteiger partial charge in [-0.2, -0.15) is 0 Å². The van der Waals surface area contributed by atoms with Gasteiger partial charge in [0.25, 0.3) is 0 Å². The highest BCUT2D eigenvalue weighted by atomic mass is 32.2. The van der Waals surface area contributed by atoms with Crippen LogP contribution in [0.15, 0.2) is 47.6 Å². The first-order valence-electron chi connectivity index (χ1n) is 7.29. The number of halogens is 1. The molecule has 0 saturated heterocycles. The Morgan fingerprint density at radius 1 is 1.16 bits per heavy atom. The molecular weight excluding hydrogens is 345 g/mol. The fourth-order valence-corrected chi connectivity index (χ4v) is 3.05. The van der Waals surface area contributed by atoms with Crippen LogP contribution in [0, 0.1) is 5.82 Å². The standard InChI is InChI=1S/C17H14FN3O3S/c1-21-16(10-2-4-11(18)5-3-10)19-20-17(21)25-9-15(24)13-7-6-12(22)8-14(13)23/h2-8,22-23H,9H2,1H3. The van der Waals surface area contributed by atoms with Crippen LogP contribution < -0.4 is 0 Å². The number of aromatic nitrogens is 3. The summed E-state index contributed by atoms with van der Waals surface area (Å²) in [5, 5.41) is 27.6. The second-order valence-corrected chi connectivity index (χ2v) is 6.23. The Hall–Kier alpha value is -2.87. The first-order valence-corrected chi connectivity index (χ1v) is 8.27. The smallest absolute Gasteiger partial charge is 0.191 e. The molecule has 3 aromatic rings. The lowest BCUT2D eigenvalue weighted by atomic mass is 10.1. The number of ketones is 1. The van der Waals surface area contributed by atoms with Gasteiger partial charge >= 0.3 is 0 Å². The third-order valence-corrected chi connectivity index (χ3v) is 4.57. The van der Waals surface area contributed by atoms with Crippen molar-refractivity contribution >= 4 is 17.5 Å². The second kappa shape index (κ2) is 6.94. The van der Waals surface area contributed by atoms with Gasteiger partial charge in [-0.3, -0.25) is 4.79 Å². The molecule has 0 saturated carbocycles. The van der Waals surface area contributed by atoms with Crippen molar-refractivity contribution in [2.75, 3.05) is 5.75 Å². The van der Waals surface area contributed by atoms with Crippen molar-refractivity contribution in [2.24, 2.45) is 7.05 Å². The monoisotopic (exact) mass is 359 g/mol. The largest absolute Gasteiger partial charge is 0.508 e. The van der Waals surface area contributed by atoms with Gasteiger partial charge in [-0.15, -0.1) is 10.2 Å². The third kappa shape index (κ3) is 3.63. The van der Waals surface area contributed by atoms with Crippen LogP contribution in [0.1, 0.15) is 10.4 Å². The van der Waals surface area contributed by atoms with E-state index in [4.69, 9.17) is 0 Å². The molecule has 1 aromatic heterocycles.